The van der Waals surface area contributed by atoms with Crippen LogP contribution in [-0.4, -0.2) is 31.3 Å². The van der Waals surface area contributed by atoms with Gasteiger partial charge in [-0.05, 0) is 5.19 Å². The van der Waals surface area contributed by atoms with Crippen molar-refractivity contribution < 1.29 is 14.3 Å². The van der Waals surface area contributed by atoms with Crippen molar-refractivity contribution >= 4 is 24.6 Å². The van der Waals surface area contributed by atoms with Crippen LogP contribution >= 0.6 is 0 Å². The molecule has 0 aliphatic rings. The summed E-state index contributed by atoms with van der Waals surface area (Å²) in [6, 6.07) is 9.56. The first-order chi connectivity index (χ1) is 7.54. The van der Waals surface area contributed by atoms with Gasteiger partial charge in [0.2, 0.25) is 8.07 Å². The summed E-state index contributed by atoms with van der Waals surface area (Å²) >= 11 is 0. The zero-order valence-electron chi connectivity index (χ0n) is 9.60. The van der Waals surface area contributed by atoms with Crippen LogP contribution in [0.15, 0.2) is 30.3 Å². The lowest BCUT2D eigenvalue weighted by Gasteiger charge is -2.15. The van der Waals surface area contributed by atoms with Crippen molar-refractivity contribution in [2.45, 2.75) is 13.1 Å². The van der Waals surface area contributed by atoms with Gasteiger partial charge in [-0.25, -0.2) is 4.79 Å². The summed E-state index contributed by atoms with van der Waals surface area (Å²) in [4.78, 5) is 14.6. The first-order valence-corrected chi connectivity index (χ1v) is 7.90. The average molecular weight is 234 g/mol. The van der Waals surface area contributed by atoms with E-state index in [-0.39, 0.29) is 5.33 Å². The van der Waals surface area contributed by atoms with E-state index in [1.54, 1.807) is 0 Å². The first-order valence-electron chi connectivity index (χ1n) is 4.90. The summed E-state index contributed by atoms with van der Waals surface area (Å²) in [5.74, 6) is -0.567. The molecular formula is C11H14N2O2Si. The van der Waals surface area contributed by atoms with E-state index in [1.165, 1.54) is 7.11 Å². The largest absolute Gasteiger partial charge is 0.461 e. The van der Waals surface area contributed by atoms with Crippen LogP contribution in [0.2, 0.25) is 13.1 Å². The van der Waals surface area contributed by atoms with E-state index in [2.05, 4.69) is 9.53 Å². The maximum atomic E-state index is 11.5. The number of ether oxygens (including phenoxy) is 1. The highest BCUT2D eigenvalue weighted by Gasteiger charge is 2.43. The van der Waals surface area contributed by atoms with Crippen molar-refractivity contribution in [3.8, 4) is 0 Å². The Hall–Kier alpha value is -1.71. The predicted octanol–water partition coefficient (Wildman–Crippen LogP) is 0.985. The van der Waals surface area contributed by atoms with Crippen LogP contribution in [-0.2, 0) is 9.53 Å². The van der Waals surface area contributed by atoms with Gasteiger partial charge in [0.05, 0.1) is 7.11 Å². The summed E-state index contributed by atoms with van der Waals surface area (Å²) in [5.41, 5.74) is 8.95. The van der Waals surface area contributed by atoms with Crippen LogP contribution in [0.5, 0.6) is 0 Å². The molecule has 0 aliphatic carbocycles. The number of hydrogen-bond donors (Lipinski definition) is 0. The Morgan fingerprint density at radius 1 is 1.31 bits per heavy atom. The number of nitrogens with zero attached hydrogens (tertiary/aromatic N) is 2. The molecule has 0 fully saturated rings. The lowest BCUT2D eigenvalue weighted by molar-refractivity contribution is -0.136. The molecule has 0 radical (unpaired) electrons. The summed E-state index contributed by atoms with van der Waals surface area (Å²) in [5, 5.41) is 1.15. The van der Waals surface area contributed by atoms with Crippen LogP contribution in [0.3, 0.4) is 0 Å². The fourth-order valence-corrected chi connectivity index (χ4v) is 3.67. The molecule has 0 atom stereocenters. The Bertz CT molecular complexity index is 437. The summed E-state index contributed by atoms with van der Waals surface area (Å²) in [6.45, 7) is 3.88. The van der Waals surface area contributed by atoms with E-state index in [9.17, 15) is 4.79 Å². The van der Waals surface area contributed by atoms with Crippen LogP contribution < -0.4 is 5.19 Å². The number of carbonyl (C=O) groups is 1. The van der Waals surface area contributed by atoms with Gasteiger partial charge in [0.25, 0.3) is 0 Å². The van der Waals surface area contributed by atoms with Gasteiger partial charge in [-0.15, -0.1) is 0 Å². The van der Waals surface area contributed by atoms with Gasteiger partial charge in [-0.3, -0.25) is 0 Å². The number of benzene rings is 1. The second-order valence-corrected chi connectivity index (χ2v) is 8.23. The van der Waals surface area contributed by atoms with Crippen LogP contribution in [0.1, 0.15) is 0 Å². The number of hydrogen-bond acceptors (Lipinski definition) is 2. The van der Waals surface area contributed by atoms with Gasteiger partial charge in [0.15, 0.2) is 0 Å². The highest BCUT2D eigenvalue weighted by atomic mass is 28.3. The molecule has 84 valence electrons. The van der Waals surface area contributed by atoms with Crippen molar-refractivity contribution in [2.24, 2.45) is 0 Å². The van der Waals surface area contributed by atoms with Crippen molar-refractivity contribution in [1.29, 1.82) is 0 Å². The molecule has 1 rings (SSSR count). The third-order valence-corrected chi connectivity index (χ3v) is 5.83. The van der Waals surface area contributed by atoms with Crippen molar-refractivity contribution in [1.82, 2.24) is 0 Å². The molecule has 0 bridgehead atoms. The molecule has 1 aromatic carbocycles. The summed E-state index contributed by atoms with van der Waals surface area (Å²) in [6.07, 6.45) is 0. The number of esters is 1. The lowest BCUT2D eigenvalue weighted by atomic mass is 10.4. The summed E-state index contributed by atoms with van der Waals surface area (Å²) < 4.78 is 4.62. The summed E-state index contributed by atoms with van der Waals surface area (Å²) in [7, 11) is -0.987. The maximum Gasteiger partial charge on any atom is 0.410 e. The zero-order chi connectivity index (χ0) is 12.2. The standard InChI is InChI=1S/C11H14N2O2Si/c1-15-11(14)10(13-12)16(2,3)9-7-5-4-6-8-9/h4-8H,1-3H3. The van der Waals surface area contributed by atoms with E-state index in [1.807, 2.05) is 43.4 Å². The SMILES string of the molecule is COC(=O)C(=[N+]=[N-])[Si](C)(C)c1ccccc1. The molecule has 16 heavy (non-hydrogen) atoms. The number of methoxy groups -OCH3 is 1. The highest BCUT2D eigenvalue weighted by Crippen LogP contribution is 2.06. The maximum absolute atomic E-state index is 11.5. The average Bonchev–Trinajstić information content (AvgIpc) is 2.30. The molecule has 0 aliphatic heterocycles. The van der Waals surface area contributed by atoms with Gasteiger partial charge in [-0.1, -0.05) is 43.4 Å². The monoisotopic (exact) mass is 234 g/mol. The van der Waals surface area contributed by atoms with Gasteiger partial charge in [0, 0.05) is 0 Å². The number of carbonyl (C=O) groups excluding carboxylic acids is 1. The third-order valence-electron chi connectivity index (χ3n) is 2.57. The predicted molar refractivity (Wildman–Crippen MR) is 64.2 cm³/mol. The molecule has 0 saturated heterocycles. The van der Waals surface area contributed by atoms with Crippen molar-refractivity contribution in [3.63, 3.8) is 0 Å². The molecule has 0 spiro atoms. The second-order valence-electron chi connectivity index (χ2n) is 3.93. The Kier molecular flexibility index (Phi) is 3.76. The van der Waals surface area contributed by atoms with Gasteiger partial charge in [0.1, 0.15) is 0 Å². The van der Waals surface area contributed by atoms with E-state index >= 15 is 0 Å². The third kappa shape index (κ3) is 2.27. The van der Waals surface area contributed by atoms with Crippen LogP contribution in [0.4, 0.5) is 0 Å². The fraction of sp³-hybridized carbons (Fsp3) is 0.273. The fourth-order valence-electron chi connectivity index (χ4n) is 1.51. The molecule has 0 heterocycles. The minimum Gasteiger partial charge on any atom is -0.461 e. The molecule has 5 heteroatoms. The smallest absolute Gasteiger partial charge is 0.410 e. The Morgan fingerprint density at radius 3 is 2.31 bits per heavy atom. The molecular weight excluding hydrogens is 220 g/mol. The number of rotatable bonds is 3. The van der Waals surface area contributed by atoms with E-state index in [4.69, 9.17) is 5.53 Å². The van der Waals surface area contributed by atoms with E-state index in [0.717, 1.165) is 5.19 Å². The quantitative estimate of drug-likeness (QED) is 0.257. The van der Waals surface area contributed by atoms with Crippen LogP contribution in [0, 0.1) is 0 Å². The lowest BCUT2D eigenvalue weighted by Crippen LogP contribution is -2.53. The van der Waals surface area contributed by atoms with E-state index < -0.39 is 14.0 Å². The molecule has 1 aromatic rings. The first kappa shape index (κ1) is 12.4. The highest BCUT2D eigenvalue weighted by molar-refractivity contribution is 7.19. The Morgan fingerprint density at radius 2 is 1.88 bits per heavy atom. The molecule has 0 unspecified atom stereocenters. The van der Waals surface area contributed by atoms with Crippen LogP contribution in [0.25, 0.3) is 5.53 Å². The minimum atomic E-state index is -2.27. The van der Waals surface area contributed by atoms with Crippen molar-refractivity contribution in [2.75, 3.05) is 7.11 Å². The van der Waals surface area contributed by atoms with Gasteiger partial charge < -0.3 is 10.3 Å². The Balaban J connectivity index is 3.20. The van der Waals surface area contributed by atoms with Crippen molar-refractivity contribution in [3.05, 3.63) is 35.9 Å². The van der Waals surface area contributed by atoms with Gasteiger partial charge in [-0.2, -0.15) is 4.79 Å². The Labute approximate surface area is 95.5 Å². The topological polar surface area (TPSA) is 62.7 Å². The minimum absolute atomic E-state index is 0.126. The molecule has 0 saturated carbocycles. The molecule has 0 amide bonds. The molecule has 0 N–H and O–H groups in total. The van der Waals surface area contributed by atoms with Gasteiger partial charge >= 0.3 is 11.3 Å². The second kappa shape index (κ2) is 4.87. The van der Waals surface area contributed by atoms with E-state index in [0.29, 0.717) is 0 Å². The molecule has 0 aromatic heterocycles. The normalized spacial score (nSPS) is 10.4. The zero-order valence-corrected chi connectivity index (χ0v) is 10.6. The molecule has 4 nitrogen and oxygen atoms in total.